The van der Waals surface area contributed by atoms with Gasteiger partial charge in [-0.1, -0.05) is 66.7 Å². The fourth-order valence-electron chi connectivity index (χ4n) is 4.05. The van der Waals surface area contributed by atoms with E-state index in [4.69, 9.17) is 9.47 Å². The van der Waals surface area contributed by atoms with Gasteiger partial charge in [-0.05, 0) is 41.3 Å². The Balaban J connectivity index is 1.30. The van der Waals surface area contributed by atoms with Crippen LogP contribution < -0.4 is 15.4 Å². The largest absolute Gasteiger partial charge is 0.497 e. The maximum Gasteiger partial charge on any atom is 0.325 e. The SMILES string of the molecule is COc1ccc(C2(C)NC(=O)N(CC(=O)NCc3cccc(COCc4ccccc4)c3)C2=O)cc1. The van der Waals surface area contributed by atoms with E-state index in [0.717, 1.165) is 21.6 Å². The Bertz CT molecular complexity index is 1230. The number of amides is 4. The number of benzene rings is 3. The van der Waals surface area contributed by atoms with E-state index in [0.29, 0.717) is 24.5 Å². The maximum absolute atomic E-state index is 13.1. The van der Waals surface area contributed by atoms with Crippen molar-refractivity contribution < 1.29 is 23.9 Å². The van der Waals surface area contributed by atoms with Gasteiger partial charge in [0.15, 0.2) is 0 Å². The number of carbonyl (C=O) groups is 3. The standard InChI is InChI=1S/C28H29N3O5/c1-28(23-11-13-24(35-2)14-12-23)26(33)31(27(34)30-28)17-25(32)29-16-21-9-6-10-22(15-21)19-36-18-20-7-4-3-5-8-20/h3-15H,16-19H2,1-2H3,(H,29,32)(H,30,34). The zero-order chi connectivity index (χ0) is 25.5. The molecule has 36 heavy (non-hydrogen) atoms. The third-order valence-corrected chi connectivity index (χ3v) is 6.11. The van der Waals surface area contributed by atoms with Crippen LogP contribution in [0, 0.1) is 0 Å². The Morgan fingerprint density at radius 3 is 2.31 bits per heavy atom. The van der Waals surface area contributed by atoms with Crippen molar-refractivity contribution in [3.63, 3.8) is 0 Å². The molecule has 0 bridgehead atoms. The van der Waals surface area contributed by atoms with Crippen molar-refractivity contribution in [2.45, 2.75) is 32.2 Å². The molecule has 1 unspecified atom stereocenters. The monoisotopic (exact) mass is 487 g/mol. The lowest BCUT2D eigenvalue weighted by Gasteiger charge is -2.22. The lowest BCUT2D eigenvalue weighted by atomic mass is 9.92. The van der Waals surface area contributed by atoms with E-state index in [1.165, 1.54) is 0 Å². The van der Waals surface area contributed by atoms with Crippen LogP contribution in [0.3, 0.4) is 0 Å². The van der Waals surface area contributed by atoms with E-state index in [2.05, 4.69) is 10.6 Å². The lowest BCUT2D eigenvalue weighted by molar-refractivity contribution is -0.134. The van der Waals surface area contributed by atoms with E-state index in [9.17, 15) is 14.4 Å². The van der Waals surface area contributed by atoms with Crippen LogP contribution >= 0.6 is 0 Å². The summed E-state index contributed by atoms with van der Waals surface area (Å²) in [7, 11) is 1.55. The van der Waals surface area contributed by atoms with Crippen LogP contribution in [0.2, 0.25) is 0 Å². The molecule has 1 aliphatic heterocycles. The quantitative estimate of drug-likeness (QED) is 0.427. The van der Waals surface area contributed by atoms with E-state index < -0.39 is 23.4 Å². The molecule has 186 valence electrons. The van der Waals surface area contributed by atoms with Crippen molar-refractivity contribution in [2.24, 2.45) is 0 Å². The van der Waals surface area contributed by atoms with Crippen molar-refractivity contribution in [1.29, 1.82) is 0 Å². The first-order valence-electron chi connectivity index (χ1n) is 11.6. The van der Waals surface area contributed by atoms with Crippen molar-refractivity contribution in [2.75, 3.05) is 13.7 Å². The Labute approximate surface area is 210 Å². The van der Waals surface area contributed by atoms with Crippen LogP contribution in [0.1, 0.15) is 29.2 Å². The van der Waals surface area contributed by atoms with Crippen LogP contribution in [0.25, 0.3) is 0 Å². The van der Waals surface area contributed by atoms with Crippen LogP contribution in [0.4, 0.5) is 4.79 Å². The van der Waals surface area contributed by atoms with Gasteiger partial charge in [0.05, 0.1) is 20.3 Å². The number of nitrogens with zero attached hydrogens (tertiary/aromatic N) is 1. The molecule has 4 rings (SSSR count). The Morgan fingerprint density at radius 1 is 0.917 bits per heavy atom. The molecule has 1 heterocycles. The number of nitrogens with one attached hydrogen (secondary N) is 2. The minimum Gasteiger partial charge on any atom is -0.497 e. The van der Waals surface area contributed by atoms with Gasteiger partial charge in [-0.15, -0.1) is 0 Å². The molecule has 2 N–H and O–H groups in total. The molecular formula is C28H29N3O5. The summed E-state index contributed by atoms with van der Waals surface area (Å²) in [5.74, 6) is -0.268. The normalized spacial score (nSPS) is 17.1. The van der Waals surface area contributed by atoms with Crippen molar-refractivity contribution >= 4 is 17.8 Å². The van der Waals surface area contributed by atoms with Gasteiger partial charge >= 0.3 is 6.03 Å². The number of imide groups is 1. The zero-order valence-electron chi connectivity index (χ0n) is 20.3. The Morgan fingerprint density at radius 2 is 1.58 bits per heavy atom. The van der Waals surface area contributed by atoms with Crippen molar-refractivity contribution in [1.82, 2.24) is 15.5 Å². The first-order valence-corrected chi connectivity index (χ1v) is 11.6. The number of urea groups is 1. The predicted molar refractivity (Wildman–Crippen MR) is 134 cm³/mol. The third-order valence-electron chi connectivity index (χ3n) is 6.11. The van der Waals surface area contributed by atoms with E-state index in [1.54, 1.807) is 38.3 Å². The van der Waals surface area contributed by atoms with Gasteiger partial charge in [-0.25, -0.2) is 4.79 Å². The highest BCUT2D eigenvalue weighted by molar-refractivity contribution is 6.09. The van der Waals surface area contributed by atoms with Crippen LogP contribution in [-0.4, -0.2) is 36.4 Å². The van der Waals surface area contributed by atoms with Gasteiger partial charge in [0.2, 0.25) is 5.91 Å². The molecule has 4 amide bonds. The van der Waals surface area contributed by atoms with E-state index in [1.807, 2.05) is 54.6 Å². The molecule has 1 aliphatic rings. The zero-order valence-corrected chi connectivity index (χ0v) is 20.3. The van der Waals surface area contributed by atoms with Gasteiger partial charge in [0, 0.05) is 6.54 Å². The summed E-state index contributed by atoms with van der Waals surface area (Å²) in [5.41, 5.74) is 2.34. The molecule has 3 aromatic carbocycles. The average Bonchev–Trinajstić information content (AvgIpc) is 3.12. The second-order valence-electron chi connectivity index (χ2n) is 8.75. The topological polar surface area (TPSA) is 97.0 Å². The molecule has 3 aromatic rings. The molecule has 0 aromatic heterocycles. The first-order chi connectivity index (χ1) is 17.4. The van der Waals surface area contributed by atoms with Gasteiger partial charge in [0.25, 0.3) is 5.91 Å². The summed E-state index contributed by atoms with van der Waals surface area (Å²) >= 11 is 0. The van der Waals surface area contributed by atoms with Crippen molar-refractivity contribution in [3.8, 4) is 5.75 Å². The second kappa shape index (κ2) is 11.0. The lowest BCUT2D eigenvalue weighted by Crippen LogP contribution is -2.43. The number of carbonyl (C=O) groups excluding carboxylic acids is 3. The predicted octanol–water partition coefficient (Wildman–Crippen LogP) is 3.50. The highest BCUT2D eigenvalue weighted by Gasteiger charge is 2.49. The molecule has 0 radical (unpaired) electrons. The summed E-state index contributed by atoms with van der Waals surface area (Å²) < 4.78 is 10.9. The molecule has 1 fully saturated rings. The molecule has 1 atom stereocenters. The molecule has 8 heteroatoms. The summed E-state index contributed by atoms with van der Waals surface area (Å²) in [4.78, 5) is 39.1. The van der Waals surface area contributed by atoms with Crippen LogP contribution in [-0.2, 0) is 39.6 Å². The molecule has 0 spiro atoms. The van der Waals surface area contributed by atoms with Gasteiger partial charge in [-0.3, -0.25) is 14.5 Å². The van der Waals surface area contributed by atoms with Gasteiger partial charge < -0.3 is 20.1 Å². The molecule has 1 saturated heterocycles. The third kappa shape index (κ3) is 5.72. The summed E-state index contributed by atoms with van der Waals surface area (Å²) in [6.45, 7) is 2.49. The second-order valence-corrected chi connectivity index (χ2v) is 8.75. The fraction of sp³-hybridized carbons (Fsp3) is 0.250. The minimum atomic E-state index is -1.25. The highest BCUT2D eigenvalue weighted by Crippen LogP contribution is 2.29. The molecule has 0 saturated carbocycles. The van der Waals surface area contributed by atoms with E-state index in [-0.39, 0.29) is 13.1 Å². The Kier molecular flexibility index (Phi) is 7.65. The number of methoxy groups -OCH3 is 1. The fourth-order valence-corrected chi connectivity index (χ4v) is 4.05. The highest BCUT2D eigenvalue weighted by atomic mass is 16.5. The van der Waals surface area contributed by atoms with Crippen LogP contribution in [0.5, 0.6) is 5.75 Å². The summed E-state index contributed by atoms with van der Waals surface area (Å²) in [6.07, 6.45) is 0. The number of ether oxygens (including phenoxy) is 2. The summed E-state index contributed by atoms with van der Waals surface area (Å²) in [5, 5.41) is 5.49. The molecule has 0 aliphatic carbocycles. The van der Waals surface area contributed by atoms with E-state index >= 15 is 0 Å². The smallest absolute Gasteiger partial charge is 0.325 e. The molecular weight excluding hydrogens is 458 g/mol. The minimum absolute atomic E-state index is 0.269. The number of hydrogen-bond donors (Lipinski definition) is 2. The first kappa shape index (κ1) is 24.9. The van der Waals surface area contributed by atoms with Crippen molar-refractivity contribution in [3.05, 3.63) is 101 Å². The maximum atomic E-state index is 13.1. The number of rotatable bonds is 10. The Hall–Kier alpha value is -4.17. The summed E-state index contributed by atoms with van der Waals surface area (Å²) in [6, 6.07) is 23.9. The van der Waals surface area contributed by atoms with Gasteiger partial charge in [-0.2, -0.15) is 0 Å². The molecule has 8 nitrogen and oxygen atoms in total. The number of hydrogen-bond acceptors (Lipinski definition) is 5. The van der Waals surface area contributed by atoms with Crippen LogP contribution in [0.15, 0.2) is 78.9 Å². The van der Waals surface area contributed by atoms with Gasteiger partial charge in [0.1, 0.15) is 17.8 Å². The average molecular weight is 488 g/mol.